The molecular formula is C16H14F2N4O2S. The maximum absolute atomic E-state index is 12.3. The Bertz CT molecular complexity index is 920. The van der Waals surface area contributed by atoms with Gasteiger partial charge in [0.1, 0.15) is 22.9 Å². The van der Waals surface area contributed by atoms with Gasteiger partial charge in [0.25, 0.3) is 11.7 Å². The second-order valence-corrected chi connectivity index (χ2v) is 6.03. The second kappa shape index (κ2) is 7.47. The van der Waals surface area contributed by atoms with E-state index in [-0.39, 0.29) is 5.75 Å². The van der Waals surface area contributed by atoms with E-state index in [1.54, 1.807) is 41.8 Å². The van der Waals surface area contributed by atoms with Crippen molar-refractivity contribution in [3.8, 4) is 0 Å². The van der Waals surface area contributed by atoms with Gasteiger partial charge < -0.3 is 4.42 Å². The van der Waals surface area contributed by atoms with Gasteiger partial charge in [0.05, 0.1) is 17.7 Å². The summed E-state index contributed by atoms with van der Waals surface area (Å²) in [6.45, 7) is 1.74. The van der Waals surface area contributed by atoms with Gasteiger partial charge in [0, 0.05) is 6.20 Å². The molecule has 130 valence electrons. The quantitative estimate of drug-likeness (QED) is 0.537. The smallest absolute Gasteiger partial charge is 0.290 e. The topological polar surface area (TPSA) is 71.9 Å². The van der Waals surface area contributed by atoms with Crippen LogP contribution in [0.15, 0.2) is 46.0 Å². The minimum absolute atomic E-state index is 0.0683. The minimum Gasteiger partial charge on any atom is -0.459 e. The van der Waals surface area contributed by atoms with Crippen LogP contribution >= 0.6 is 11.8 Å². The van der Waals surface area contributed by atoms with Gasteiger partial charge in [0.15, 0.2) is 0 Å². The number of hydrazone groups is 1. The maximum Gasteiger partial charge on any atom is 0.290 e. The van der Waals surface area contributed by atoms with Crippen LogP contribution in [0.5, 0.6) is 0 Å². The van der Waals surface area contributed by atoms with Crippen LogP contribution in [0.4, 0.5) is 8.78 Å². The van der Waals surface area contributed by atoms with Gasteiger partial charge in [-0.05, 0) is 31.2 Å². The summed E-state index contributed by atoms with van der Waals surface area (Å²) in [6.07, 6.45) is 3.06. The highest BCUT2D eigenvalue weighted by Gasteiger charge is 2.15. The molecule has 0 fully saturated rings. The zero-order valence-corrected chi connectivity index (χ0v) is 14.0. The van der Waals surface area contributed by atoms with Gasteiger partial charge in [-0.25, -0.2) is 10.4 Å². The fourth-order valence-electron chi connectivity index (χ4n) is 2.28. The highest BCUT2D eigenvalue weighted by atomic mass is 32.2. The number of hydrogen-bond donors (Lipinski definition) is 1. The zero-order valence-electron chi connectivity index (χ0n) is 13.1. The molecule has 0 bridgehead atoms. The lowest BCUT2D eigenvalue weighted by atomic mass is 10.3. The van der Waals surface area contributed by atoms with Crippen LogP contribution in [-0.4, -0.2) is 27.3 Å². The number of rotatable bonds is 6. The summed E-state index contributed by atoms with van der Waals surface area (Å²) in [4.78, 5) is 16.6. The van der Waals surface area contributed by atoms with Crippen molar-refractivity contribution in [3.63, 3.8) is 0 Å². The van der Waals surface area contributed by atoms with Crippen molar-refractivity contribution in [1.29, 1.82) is 0 Å². The Hall–Kier alpha value is -2.68. The molecule has 3 aromatic rings. The molecule has 3 rings (SSSR count). The summed E-state index contributed by atoms with van der Waals surface area (Å²) in [5, 5.41) is 3.84. The van der Waals surface area contributed by atoms with Crippen molar-refractivity contribution in [1.82, 2.24) is 14.8 Å². The summed E-state index contributed by atoms with van der Waals surface area (Å²) >= 11 is 0.476. The molecule has 1 N–H and O–H groups in total. The van der Waals surface area contributed by atoms with E-state index >= 15 is 0 Å². The van der Waals surface area contributed by atoms with E-state index < -0.39 is 11.7 Å². The van der Waals surface area contributed by atoms with Crippen molar-refractivity contribution >= 4 is 29.5 Å². The lowest BCUT2D eigenvalue weighted by molar-refractivity contribution is 0.0948. The highest BCUT2D eigenvalue weighted by Crippen LogP contribution is 2.20. The summed E-state index contributed by atoms with van der Waals surface area (Å²) < 4.78 is 31.3. The first kappa shape index (κ1) is 17.2. The molecule has 3 heterocycles. The van der Waals surface area contributed by atoms with Crippen molar-refractivity contribution in [2.45, 2.75) is 18.4 Å². The first-order valence-corrected chi connectivity index (χ1v) is 8.35. The number of halogens is 2. The van der Waals surface area contributed by atoms with Gasteiger partial charge in [-0.1, -0.05) is 17.8 Å². The fraction of sp³-hybridized carbons (Fsp3) is 0.188. The molecule has 3 aromatic heterocycles. The van der Waals surface area contributed by atoms with Crippen molar-refractivity contribution in [3.05, 3.63) is 59.4 Å². The molecule has 0 saturated carbocycles. The third-order valence-electron chi connectivity index (χ3n) is 3.31. The summed E-state index contributed by atoms with van der Waals surface area (Å²) in [7, 11) is 0. The van der Waals surface area contributed by atoms with Crippen molar-refractivity contribution < 1.29 is 18.0 Å². The number of nitrogens with one attached hydrogen (secondary N) is 1. The van der Waals surface area contributed by atoms with Gasteiger partial charge in [0.2, 0.25) is 0 Å². The Balaban J connectivity index is 1.65. The molecular weight excluding hydrogens is 350 g/mol. The number of imidazole rings is 1. The summed E-state index contributed by atoms with van der Waals surface area (Å²) in [5.41, 5.74) is 4.05. The number of nitrogens with zero attached hydrogens (tertiary/aromatic N) is 3. The Kier molecular flexibility index (Phi) is 5.13. The van der Waals surface area contributed by atoms with E-state index in [1.807, 2.05) is 6.07 Å². The van der Waals surface area contributed by atoms with Crippen LogP contribution in [0.25, 0.3) is 5.65 Å². The average Bonchev–Trinajstić information content (AvgIpc) is 3.16. The van der Waals surface area contributed by atoms with Gasteiger partial charge in [-0.3, -0.25) is 9.20 Å². The Morgan fingerprint density at radius 1 is 1.44 bits per heavy atom. The molecule has 0 aliphatic rings. The number of hydrogen-bond acceptors (Lipinski definition) is 5. The molecule has 1 amide bonds. The number of pyridine rings is 1. The minimum atomic E-state index is -2.45. The molecule has 25 heavy (non-hydrogen) atoms. The van der Waals surface area contributed by atoms with E-state index in [0.29, 0.717) is 40.3 Å². The maximum atomic E-state index is 12.3. The SMILES string of the molecule is Cc1nc2ccccn2c1C(=O)N/N=C\c1ccc(CSC(F)F)o1. The van der Waals surface area contributed by atoms with Crippen LogP contribution in [-0.2, 0) is 5.75 Å². The number of alkyl halides is 2. The number of thioether (sulfide) groups is 1. The monoisotopic (exact) mass is 364 g/mol. The first-order chi connectivity index (χ1) is 12.0. The fourth-order valence-corrected chi connectivity index (χ4v) is 2.73. The number of aryl methyl sites for hydroxylation is 1. The normalized spacial score (nSPS) is 11.7. The Morgan fingerprint density at radius 2 is 2.28 bits per heavy atom. The molecule has 0 saturated heterocycles. The van der Waals surface area contributed by atoms with Gasteiger partial charge >= 0.3 is 0 Å². The van der Waals surface area contributed by atoms with Crippen LogP contribution in [0, 0.1) is 6.92 Å². The van der Waals surface area contributed by atoms with Crippen molar-refractivity contribution in [2.24, 2.45) is 5.10 Å². The zero-order chi connectivity index (χ0) is 17.8. The van der Waals surface area contributed by atoms with E-state index in [2.05, 4.69) is 15.5 Å². The molecule has 0 atom stereocenters. The Morgan fingerprint density at radius 3 is 3.08 bits per heavy atom. The van der Waals surface area contributed by atoms with Gasteiger partial charge in [-0.15, -0.1) is 0 Å². The predicted molar refractivity (Wildman–Crippen MR) is 91.0 cm³/mol. The van der Waals surface area contributed by atoms with E-state index in [0.717, 1.165) is 0 Å². The lowest BCUT2D eigenvalue weighted by Crippen LogP contribution is -2.20. The van der Waals surface area contributed by atoms with Crippen LogP contribution in [0.2, 0.25) is 0 Å². The molecule has 0 spiro atoms. The molecule has 0 unspecified atom stereocenters. The average molecular weight is 364 g/mol. The van der Waals surface area contributed by atoms with Crippen LogP contribution in [0.1, 0.15) is 27.7 Å². The Labute approximate surface area is 145 Å². The first-order valence-electron chi connectivity index (χ1n) is 7.30. The third-order valence-corrected chi connectivity index (χ3v) is 4.01. The number of fused-ring (bicyclic) bond motifs is 1. The molecule has 0 aromatic carbocycles. The third kappa shape index (κ3) is 4.05. The molecule has 0 radical (unpaired) electrons. The number of carbonyl (C=O) groups is 1. The van der Waals surface area contributed by atoms with E-state index in [1.165, 1.54) is 6.21 Å². The molecule has 6 nitrogen and oxygen atoms in total. The molecule has 9 heteroatoms. The van der Waals surface area contributed by atoms with E-state index in [4.69, 9.17) is 4.42 Å². The van der Waals surface area contributed by atoms with Crippen LogP contribution < -0.4 is 5.43 Å². The summed E-state index contributed by atoms with van der Waals surface area (Å²) in [6, 6.07) is 8.62. The van der Waals surface area contributed by atoms with Gasteiger partial charge in [-0.2, -0.15) is 13.9 Å². The summed E-state index contributed by atoms with van der Waals surface area (Å²) in [5.74, 6) is -2.02. The van der Waals surface area contributed by atoms with E-state index in [9.17, 15) is 13.6 Å². The standard InChI is InChI=1S/C16H14F2N4O2S/c1-10-14(22-7-3-2-4-13(22)20-10)15(23)21-19-8-11-5-6-12(24-11)9-25-16(17)18/h2-8,16H,9H2,1H3,(H,21,23)/b19-8-. The number of furan rings is 1. The highest BCUT2D eigenvalue weighted by molar-refractivity contribution is 7.98. The molecule has 0 aliphatic heterocycles. The lowest BCUT2D eigenvalue weighted by Gasteiger charge is -2.00. The number of carbonyl (C=O) groups excluding carboxylic acids is 1. The largest absolute Gasteiger partial charge is 0.459 e. The second-order valence-electron chi connectivity index (χ2n) is 5.05. The van der Waals surface area contributed by atoms with Crippen molar-refractivity contribution in [2.75, 3.05) is 0 Å². The van der Waals surface area contributed by atoms with Crippen LogP contribution in [0.3, 0.4) is 0 Å². The predicted octanol–water partition coefficient (Wildman–Crippen LogP) is 3.46. The number of aromatic nitrogens is 2. The molecule has 0 aliphatic carbocycles. The number of amides is 1.